The maximum absolute atomic E-state index is 5.03. The van der Waals surface area contributed by atoms with E-state index in [1.165, 1.54) is 0 Å². The van der Waals surface area contributed by atoms with Gasteiger partial charge in [-0.3, -0.25) is 0 Å². The van der Waals surface area contributed by atoms with Gasteiger partial charge in [0.05, 0.1) is 19.0 Å². The van der Waals surface area contributed by atoms with Gasteiger partial charge < -0.3 is 9.72 Å². The number of hydrogen-bond acceptors (Lipinski definition) is 2. The van der Waals surface area contributed by atoms with Gasteiger partial charge in [0.2, 0.25) is 0 Å². The van der Waals surface area contributed by atoms with Crippen molar-refractivity contribution in [3.63, 3.8) is 0 Å². The van der Waals surface area contributed by atoms with Gasteiger partial charge in [0.1, 0.15) is 0 Å². The lowest BCUT2D eigenvalue weighted by atomic mass is 10.3. The van der Waals surface area contributed by atoms with Crippen LogP contribution in [0.1, 0.15) is 5.69 Å². The summed E-state index contributed by atoms with van der Waals surface area (Å²) in [5, 5.41) is 0. The van der Waals surface area contributed by atoms with Gasteiger partial charge in [-0.05, 0) is 0 Å². The maximum Gasteiger partial charge on any atom is 0.0921 e. The van der Waals surface area contributed by atoms with Crippen LogP contribution in [0, 0.1) is 0 Å². The molecule has 0 amide bonds. The smallest absolute Gasteiger partial charge is 0.0921 e. The third kappa shape index (κ3) is 1.10. The van der Waals surface area contributed by atoms with E-state index in [1.807, 2.05) is 6.20 Å². The third-order valence-corrected chi connectivity index (χ3v) is 1.40. The number of hydrogen-bond donors (Lipinski definition) is 1. The van der Waals surface area contributed by atoms with Crippen LogP contribution in [-0.2, 0) is 11.2 Å². The summed E-state index contributed by atoms with van der Waals surface area (Å²) >= 11 is 0. The molecule has 0 aliphatic carbocycles. The number of imidazole rings is 1. The predicted octanol–water partition coefficient (Wildman–Crippen LogP) is 0.351. The SMILES string of the molecule is c1ncc(CC2CO2)[nH]1. The summed E-state index contributed by atoms with van der Waals surface area (Å²) < 4.78 is 5.03. The van der Waals surface area contributed by atoms with E-state index in [9.17, 15) is 0 Å². The summed E-state index contributed by atoms with van der Waals surface area (Å²) in [5.74, 6) is 0. The highest BCUT2D eigenvalue weighted by molar-refractivity contribution is 4.98. The van der Waals surface area contributed by atoms with Crippen LogP contribution in [0.15, 0.2) is 12.5 Å². The maximum atomic E-state index is 5.03. The standard InChI is InChI=1S/C6H8N2O/c1(6-3-9-6)5-2-7-4-8-5/h2,4,6H,1,3H2,(H,7,8). The summed E-state index contributed by atoms with van der Waals surface area (Å²) in [5.41, 5.74) is 1.16. The number of aromatic amines is 1. The molecule has 0 bridgehead atoms. The average Bonchev–Trinajstić information content (AvgIpc) is 2.46. The van der Waals surface area contributed by atoms with Crippen molar-refractivity contribution >= 4 is 0 Å². The van der Waals surface area contributed by atoms with E-state index >= 15 is 0 Å². The third-order valence-electron chi connectivity index (χ3n) is 1.40. The molecule has 0 saturated carbocycles. The van der Waals surface area contributed by atoms with E-state index in [0.717, 1.165) is 18.7 Å². The molecule has 48 valence electrons. The quantitative estimate of drug-likeness (QED) is 0.578. The minimum absolute atomic E-state index is 0.463. The fraction of sp³-hybridized carbons (Fsp3) is 0.500. The van der Waals surface area contributed by atoms with E-state index in [0.29, 0.717) is 6.10 Å². The summed E-state index contributed by atoms with van der Waals surface area (Å²) in [6.45, 7) is 0.916. The molecule has 1 unspecified atom stereocenters. The molecule has 1 aliphatic rings. The number of nitrogens with one attached hydrogen (secondary N) is 1. The normalized spacial score (nSPS) is 24.2. The lowest BCUT2D eigenvalue weighted by molar-refractivity contribution is 0.406. The van der Waals surface area contributed by atoms with Crippen LogP contribution in [0.25, 0.3) is 0 Å². The predicted molar refractivity (Wildman–Crippen MR) is 32.0 cm³/mol. The Morgan fingerprint density at radius 1 is 1.89 bits per heavy atom. The molecule has 3 heteroatoms. The van der Waals surface area contributed by atoms with Crippen molar-refractivity contribution in [2.75, 3.05) is 6.61 Å². The molecule has 0 aromatic carbocycles. The van der Waals surface area contributed by atoms with Gasteiger partial charge >= 0.3 is 0 Å². The van der Waals surface area contributed by atoms with Crippen LogP contribution < -0.4 is 0 Å². The van der Waals surface area contributed by atoms with Crippen LogP contribution in [0.2, 0.25) is 0 Å². The minimum atomic E-state index is 0.463. The number of aromatic nitrogens is 2. The van der Waals surface area contributed by atoms with Crippen molar-refractivity contribution in [3.8, 4) is 0 Å². The lowest BCUT2D eigenvalue weighted by Crippen LogP contribution is -1.91. The Morgan fingerprint density at radius 3 is 3.33 bits per heavy atom. The molecule has 1 aliphatic heterocycles. The van der Waals surface area contributed by atoms with Gasteiger partial charge in [-0.2, -0.15) is 0 Å². The van der Waals surface area contributed by atoms with E-state index in [1.54, 1.807) is 6.33 Å². The zero-order valence-electron chi connectivity index (χ0n) is 5.00. The van der Waals surface area contributed by atoms with Gasteiger partial charge in [0.25, 0.3) is 0 Å². The molecule has 1 aromatic heterocycles. The number of rotatable bonds is 2. The van der Waals surface area contributed by atoms with Gasteiger partial charge in [0, 0.05) is 18.3 Å². The van der Waals surface area contributed by atoms with Crippen LogP contribution in [0.4, 0.5) is 0 Å². The monoisotopic (exact) mass is 124 g/mol. The molecule has 0 radical (unpaired) electrons. The number of H-pyrrole nitrogens is 1. The van der Waals surface area contributed by atoms with Crippen LogP contribution >= 0.6 is 0 Å². The second-order valence-electron chi connectivity index (χ2n) is 2.24. The highest BCUT2D eigenvalue weighted by atomic mass is 16.6. The molecule has 2 heterocycles. The molecule has 3 nitrogen and oxygen atoms in total. The first-order chi connectivity index (χ1) is 4.45. The van der Waals surface area contributed by atoms with Gasteiger partial charge in [-0.15, -0.1) is 0 Å². The van der Waals surface area contributed by atoms with Crippen LogP contribution in [0.5, 0.6) is 0 Å². The summed E-state index contributed by atoms with van der Waals surface area (Å²) in [7, 11) is 0. The zero-order valence-corrected chi connectivity index (χ0v) is 5.00. The number of ether oxygens (including phenoxy) is 1. The largest absolute Gasteiger partial charge is 0.373 e. The fourth-order valence-electron chi connectivity index (χ4n) is 0.827. The van der Waals surface area contributed by atoms with Crippen molar-refractivity contribution < 1.29 is 4.74 Å². The van der Waals surface area contributed by atoms with Crippen molar-refractivity contribution in [1.82, 2.24) is 9.97 Å². The molecule has 1 atom stereocenters. The van der Waals surface area contributed by atoms with Gasteiger partial charge in [-0.25, -0.2) is 4.98 Å². The van der Waals surface area contributed by atoms with Crippen molar-refractivity contribution in [2.45, 2.75) is 12.5 Å². The highest BCUT2D eigenvalue weighted by Crippen LogP contribution is 2.13. The number of epoxide rings is 1. The zero-order chi connectivity index (χ0) is 6.10. The highest BCUT2D eigenvalue weighted by Gasteiger charge is 2.22. The van der Waals surface area contributed by atoms with E-state index < -0.39 is 0 Å². The van der Waals surface area contributed by atoms with E-state index in [-0.39, 0.29) is 0 Å². The first-order valence-corrected chi connectivity index (χ1v) is 3.04. The Hall–Kier alpha value is -0.830. The molecule has 1 saturated heterocycles. The van der Waals surface area contributed by atoms with Crippen molar-refractivity contribution in [1.29, 1.82) is 0 Å². The molecule has 1 fully saturated rings. The summed E-state index contributed by atoms with van der Waals surface area (Å²) in [6, 6.07) is 0. The number of nitrogens with zero attached hydrogens (tertiary/aromatic N) is 1. The van der Waals surface area contributed by atoms with Crippen molar-refractivity contribution in [2.24, 2.45) is 0 Å². The average molecular weight is 124 g/mol. The van der Waals surface area contributed by atoms with Crippen LogP contribution in [-0.4, -0.2) is 22.7 Å². The lowest BCUT2D eigenvalue weighted by Gasteiger charge is -1.86. The Balaban J connectivity index is 1.99. The molecular formula is C6H8N2O. The summed E-state index contributed by atoms with van der Waals surface area (Å²) in [6.07, 6.45) is 4.98. The molecule has 9 heavy (non-hydrogen) atoms. The van der Waals surface area contributed by atoms with Crippen molar-refractivity contribution in [3.05, 3.63) is 18.2 Å². The summed E-state index contributed by atoms with van der Waals surface area (Å²) in [4.78, 5) is 6.91. The Bertz CT molecular complexity index is 179. The second-order valence-corrected chi connectivity index (χ2v) is 2.24. The molecule has 0 spiro atoms. The van der Waals surface area contributed by atoms with E-state index in [2.05, 4.69) is 9.97 Å². The first-order valence-electron chi connectivity index (χ1n) is 3.04. The van der Waals surface area contributed by atoms with Gasteiger partial charge in [-0.1, -0.05) is 0 Å². The molecule has 1 N–H and O–H groups in total. The molecule has 1 aromatic rings. The Kier molecular flexibility index (Phi) is 1.02. The fourth-order valence-corrected chi connectivity index (χ4v) is 0.827. The topological polar surface area (TPSA) is 41.2 Å². The van der Waals surface area contributed by atoms with Gasteiger partial charge in [0.15, 0.2) is 0 Å². The Labute approximate surface area is 53.1 Å². The van der Waals surface area contributed by atoms with E-state index in [4.69, 9.17) is 4.74 Å². The molecular weight excluding hydrogens is 116 g/mol. The molecule has 2 rings (SSSR count). The van der Waals surface area contributed by atoms with Crippen LogP contribution in [0.3, 0.4) is 0 Å². The first kappa shape index (κ1) is 4.99. The second kappa shape index (κ2) is 1.84. The Morgan fingerprint density at radius 2 is 2.78 bits per heavy atom. The minimum Gasteiger partial charge on any atom is -0.373 e.